The quantitative estimate of drug-likeness (QED) is 0.351. The fourth-order valence-corrected chi connectivity index (χ4v) is 0.387. The average molecular weight is 512 g/mol. The molecule has 0 aliphatic heterocycles. The van der Waals surface area contributed by atoms with Gasteiger partial charge in [-0.1, -0.05) is 81.6 Å². The summed E-state index contributed by atoms with van der Waals surface area (Å²) in [5, 5.41) is 0. The van der Waals surface area contributed by atoms with E-state index in [1.54, 1.807) is 28.0 Å². The highest BCUT2D eigenvalue weighted by molar-refractivity contribution is 8.03. The minimum atomic E-state index is -0.676. The van der Waals surface area contributed by atoms with E-state index in [-0.39, 0.29) is 37.9 Å². The van der Waals surface area contributed by atoms with Crippen LogP contribution in [0.4, 0.5) is 0 Å². The molecule has 3 unspecified atom stereocenters. The van der Waals surface area contributed by atoms with Gasteiger partial charge in [-0.3, -0.25) is 0 Å². The van der Waals surface area contributed by atoms with Gasteiger partial charge < -0.3 is 13.6 Å². The van der Waals surface area contributed by atoms with Gasteiger partial charge in [0.15, 0.2) is 0 Å². The van der Waals surface area contributed by atoms with E-state index in [9.17, 15) is 0 Å². The van der Waals surface area contributed by atoms with Gasteiger partial charge in [0.25, 0.3) is 0 Å². The minimum absolute atomic E-state index is 0. The molecule has 0 aromatic carbocycles. The number of hydrogen-bond acceptors (Lipinski definition) is 3. The van der Waals surface area contributed by atoms with E-state index < -0.39 is 21.6 Å². The van der Waals surface area contributed by atoms with Gasteiger partial charge in [-0.15, -0.1) is 0 Å². The molecule has 0 N–H and O–H groups in total. The van der Waals surface area contributed by atoms with E-state index in [1.165, 1.54) is 6.16 Å². The molecular formula is C13H42Cl4O3P4. The lowest BCUT2D eigenvalue weighted by Gasteiger charge is -2.01. The highest BCUT2D eigenvalue weighted by atomic mass is 35.9. The molecule has 0 aliphatic rings. The Morgan fingerprint density at radius 3 is 0.792 bits per heavy atom. The second-order valence-electron chi connectivity index (χ2n) is 2.74. The first-order valence-electron chi connectivity index (χ1n) is 5.26. The van der Waals surface area contributed by atoms with Gasteiger partial charge in [0.1, 0.15) is 15.0 Å². The van der Waals surface area contributed by atoms with Crippen molar-refractivity contribution in [1.82, 2.24) is 0 Å². The predicted octanol–water partition coefficient (Wildman–Crippen LogP) is 10.3. The van der Waals surface area contributed by atoms with E-state index in [4.69, 9.17) is 49.5 Å². The van der Waals surface area contributed by atoms with Crippen molar-refractivity contribution in [2.75, 3.05) is 54.2 Å². The zero-order valence-corrected chi connectivity index (χ0v) is 19.8. The van der Waals surface area contributed by atoms with Gasteiger partial charge in [0.2, 0.25) is 0 Å². The summed E-state index contributed by atoms with van der Waals surface area (Å²) < 4.78 is 14.1. The maximum atomic E-state index is 5.30. The second kappa shape index (κ2) is 44.9. The first-order valence-corrected chi connectivity index (χ1v) is 16.0. The van der Waals surface area contributed by atoms with Crippen molar-refractivity contribution in [1.29, 1.82) is 0 Å². The minimum Gasteiger partial charge on any atom is -0.363 e. The Labute approximate surface area is 178 Å². The first kappa shape index (κ1) is 50.5. The van der Waals surface area contributed by atoms with Crippen molar-refractivity contribution in [2.45, 2.75) is 36.6 Å². The molecular weight excluding hydrogens is 470 g/mol. The van der Waals surface area contributed by atoms with Gasteiger partial charge in [-0.25, -0.2) is 0 Å². The van der Waals surface area contributed by atoms with Crippen LogP contribution < -0.4 is 0 Å². The standard InChI is InChI=1S/C4H11OP.2C2H6ClOP.CH3Cl2P.4CH4/c1-4-6(3)5-2;2*1-4-5(2)3;1-4(2)3;;;;/h4H2,1-3H3;2*1-2H3;1H3;4*1H4. The summed E-state index contributed by atoms with van der Waals surface area (Å²) >= 11 is 20.8. The van der Waals surface area contributed by atoms with Crippen LogP contribution in [-0.4, -0.2) is 54.2 Å². The number of halogens is 4. The van der Waals surface area contributed by atoms with Crippen molar-refractivity contribution in [3.63, 3.8) is 0 Å². The topological polar surface area (TPSA) is 27.7 Å². The van der Waals surface area contributed by atoms with Crippen LogP contribution in [-0.2, 0) is 13.6 Å². The van der Waals surface area contributed by atoms with E-state index in [2.05, 4.69) is 22.6 Å². The SMILES string of the molecule is C.C.C.C.CCP(C)OC.COP(C)Cl.COP(C)Cl.CP(Cl)Cl. The maximum absolute atomic E-state index is 5.30. The summed E-state index contributed by atoms with van der Waals surface area (Å²) in [6, 6.07) is 0. The summed E-state index contributed by atoms with van der Waals surface area (Å²) in [4.78, 5) is 0. The smallest absolute Gasteiger partial charge is 0.120 e. The number of rotatable bonds is 4. The molecule has 0 saturated heterocycles. The zero-order valence-electron chi connectivity index (χ0n) is 13.2. The Kier molecular flexibility index (Phi) is 94.3. The summed E-state index contributed by atoms with van der Waals surface area (Å²) in [5.41, 5.74) is 0. The molecule has 0 fully saturated rings. The Balaban J connectivity index is -0.0000000226. The van der Waals surface area contributed by atoms with Gasteiger partial charge in [0, 0.05) is 29.5 Å². The molecule has 3 atom stereocenters. The molecule has 3 nitrogen and oxygen atoms in total. The third-order valence-electron chi connectivity index (χ3n) is 1.26. The molecule has 0 bridgehead atoms. The summed E-state index contributed by atoms with van der Waals surface area (Å²) in [7, 11) is 3.62. The normalized spacial score (nSPS) is 11.4. The third-order valence-corrected chi connectivity index (χ3v) is 4.61. The fourth-order valence-electron chi connectivity index (χ4n) is 0.129. The maximum Gasteiger partial charge on any atom is 0.120 e. The van der Waals surface area contributed by atoms with Crippen LogP contribution in [0.25, 0.3) is 0 Å². The van der Waals surface area contributed by atoms with Crippen molar-refractivity contribution in [3.8, 4) is 0 Å². The fraction of sp³-hybridized carbons (Fsp3) is 1.00. The van der Waals surface area contributed by atoms with Gasteiger partial charge >= 0.3 is 0 Å². The lowest BCUT2D eigenvalue weighted by atomic mass is 11.0. The molecule has 0 rings (SSSR count). The zero-order chi connectivity index (χ0) is 17.1. The molecule has 24 heavy (non-hydrogen) atoms. The predicted molar refractivity (Wildman–Crippen MR) is 133 cm³/mol. The summed E-state index contributed by atoms with van der Waals surface area (Å²) in [5.74, 6) is 0. The van der Waals surface area contributed by atoms with E-state index in [0.717, 1.165) is 0 Å². The molecule has 0 aliphatic carbocycles. The Morgan fingerprint density at radius 1 is 0.625 bits per heavy atom. The molecule has 160 valence electrons. The average Bonchev–Trinajstić information content (AvgIpc) is 2.38. The molecule has 0 aromatic rings. The van der Waals surface area contributed by atoms with Crippen molar-refractivity contribution >= 4 is 74.7 Å². The third kappa shape index (κ3) is 121. The van der Waals surface area contributed by atoms with E-state index in [1.807, 2.05) is 13.3 Å². The van der Waals surface area contributed by atoms with Crippen LogP contribution in [0.2, 0.25) is 0 Å². The summed E-state index contributed by atoms with van der Waals surface area (Å²) in [6.45, 7) is 9.00. The highest BCUT2D eigenvalue weighted by Crippen LogP contribution is 2.41. The highest BCUT2D eigenvalue weighted by Gasteiger charge is 1.88. The summed E-state index contributed by atoms with van der Waals surface area (Å²) in [6.07, 6.45) is 1.17. The number of hydrogen-bond donors (Lipinski definition) is 0. The molecule has 0 aromatic heterocycles. The first-order chi connectivity index (χ1) is 9.08. The molecule has 0 saturated carbocycles. The lowest BCUT2D eigenvalue weighted by molar-refractivity contribution is 0.465. The van der Waals surface area contributed by atoms with Crippen molar-refractivity contribution in [3.05, 3.63) is 0 Å². The van der Waals surface area contributed by atoms with E-state index >= 15 is 0 Å². The van der Waals surface area contributed by atoms with Crippen molar-refractivity contribution in [2.24, 2.45) is 0 Å². The molecule has 0 radical (unpaired) electrons. The Morgan fingerprint density at radius 2 is 0.792 bits per heavy atom. The Bertz CT molecular complexity index is 148. The van der Waals surface area contributed by atoms with Crippen LogP contribution in [0.5, 0.6) is 0 Å². The molecule has 0 heterocycles. The largest absolute Gasteiger partial charge is 0.363 e. The van der Waals surface area contributed by atoms with Gasteiger partial charge in [0.05, 0.1) is 6.63 Å². The van der Waals surface area contributed by atoms with Crippen LogP contribution in [0, 0.1) is 0 Å². The second-order valence-corrected chi connectivity index (χ2v) is 14.6. The molecule has 0 spiro atoms. The van der Waals surface area contributed by atoms with Crippen molar-refractivity contribution < 1.29 is 13.6 Å². The van der Waals surface area contributed by atoms with Crippen LogP contribution >= 0.6 is 74.7 Å². The van der Waals surface area contributed by atoms with E-state index in [0.29, 0.717) is 0 Å². The monoisotopic (exact) mass is 510 g/mol. The Hall–Kier alpha value is 2.76. The lowest BCUT2D eigenvalue weighted by Crippen LogP contribution is -1.74. The molecule has 0 amide bonds. The van der Waals surface area contributed by atoms with Crippen LogP contribution in [0.15, 0.2) is 0 Å². The van der Waals surface area contributed by atoms with Gasteiger partial charge in [-0.05, 0) is 32.8 Å². The van der Waals surface area contributed by atoms with Gasteiger partial charge in [-0.2, -0.15) is 0 Å². The van der Waals surface area contributed by atoms with Crippen LogP contribution in [0.3, 0.4) is 0 Å². The molecule has 11 heteroatoms. The van der Waals surface area contributed by atoms with Crippen LogP contribution in [0.1, 0.15) is 36.6 Å².